The van der Waals surface area contributed by atoms with Crippen LogP contribution in [-0.4, -0.2) is 34.0 Å². The summed E-state index contributed by atoms with van der Waals surface area (Å²) in [5.74, 6) is 0.758. The molecule has 4 rings (SSSR count). The summed E-state index contributed by atoms with van der Waals surface area (Å²) in [6.45, 7) is 7.17. The molecule has 0 atom stereocenters. The number of aryl methyl sites for hydroxylation is 2. The number of benzene rings is 1. The minimum absolute atomic E-state index is 0.0381. The van der Waals surface area contributed by atoms with Crippen LogP contribution >= 0.6 is 11.3 Å². The predicted octanol–water partition coefficient (Wildman–Crippen LogP) is 2.99. The molecule has 3 aromatic rings. The van der Waals surface area contributed by atoms with E-state index < -0.39 is 0 Å². The van der Waals surface area contributed by atoms with Crippen LogP contribution in [0.4, 0.5) is 0 Å². The van der Waals surface area contributed by atoms with Gasteiger partial charge in [-0.3, -0.25) is 19.1 Å². The van der Waals surface area contributed by atoms with Crippen LogP contribution in [0.3, 0.4) is 0 Å². The molecular formula is C22H25N3O4S. The lowest BCUT2D eigenvalue weighted by atomic mass is 10.0. The van der Waals surface area contributed by atoms with Crippen molar-refractivity contribution in [2.45, 2.75) is 46.7 Å². The second-order valence-corrected chi connectivity index (χ2v) is 8.82. The molecule has 0 bridgehead atoms. The van der Waals surface area contributed by atoms with E-state index >= 15 is 0 Å². The largest absolute Gasteiger partial charge is 0.496 e. The number of thiophene rings is 1. The van der Waals surface area contributed by atoms with Crippen molar-refractivity contribution in [3.8, 4) is 5.75 Å². The fourth-order valence-electron chi connectivity index (χ4n) is 4.29. The first kappa shape index (κ1) is 20.4. The molecule has 7 nitrogen and oxygen atoms in total. The number of carbonyl (C=O) groups is 1. The van der Waals surface area contributed by atoms with Gasteiger partial charge in [-0.2, -0.15) is 0 Å². The minimum atomic E-state index is -0.370. The molecule has 0 radical (unpaired) electrons. The summed E-state index contributed by atoms with van der Waals surface area (Å²) in [6, 6.07) is 3.71. The summed E-state index contributed by atoms with van der Waals surface area (Å²) in [5.41, 5.74) is 2.85. The number of nitrogens with one attached hydrogen (secondary N) is 1. The van der Waals surface area contributed by atoms with E-state index in [-0.39, 0.29) is 17.2 Å². The van der Waals surface area contributed by atoms with Gasteiger partial charge in [0.25, 0.3) is 11.5 Å². The number of ether oxygens (including phenoxy) is 1. The molecule has 2 aromatic heterocycles. The summed E-state index contributed by atoms with van der Waals surface area (Å²) in [7, 11) is 1.63. The van der Waals surface area contributed by atoms with Crippen LogP contribution in [0.2, 0.25) is 0 Å². The molecule has 8 heteroatoms. The molecule has 0 spiro atoms. The molecule has 0 aliphatic carbocycles. The van der Waals surface area contributed by atoms with Crippen molar-refractivity contribution < 1.29 is 9.53 Å². The van der Waals surface area contributed by atoms with Gasteiger partial charge < -0.3 is 9.64 Å². The second kappa shape index (κ2) is 7.75. The van der Waals surface area contributed by atoms with E-state index in [0.717, 1.165) is 27.3 Å². The number of hydrogen-bond donors (Lipinski definition) is 1. The average molecular weight is 428 g/mol. The summed E-state index contributed by atoms with van der Waals surface area (Å²) < 4.78 is 6.67. The van der Waals surface area contributed by atoms with Gasteiger partial charge in [0, 0.05) is 23.5 Å². The highest BCUT2D eigenvalue weighted by Gasteiger charge is 2.27. The quantitative estimate of drug-likeness (QED) is 0.694. The van der Waals surface area contributed by atoms with Crippen molar-refractivity contribution in [3.05, 3.63) is 60.1 Å². The number of rotatable bonds is 4. The highest BCUT2D eigenvalue weighted by molar-refractivity contribution is 7.18. The van der Waals surface area contributed by atoms with E-state index in [0.29, 0.717) is 48.3 Å². The first-order chi connectivity index (χ1) is 14.3. The Morgan fingerprint density at radius 2 is 1.93 bits per heavy atom. The predicted molar refractivity (Wildman–Crippen MR) is 118 cm³/mol. The molecule has 0 saturated heterocycles. The Morgan fingerprint density at radius 3 is 2.57 bits per heavy atom. The van der Waals surface area contributed by atoms with E-state index in [4.69, 9.17) is 4.74 Å². The highest BCUT2D eigenvalue weighted by atomic mass is 32.1. The number of hydrogen-bond acceptors (Lipinski definition) is 5. The first-order valence-electron chi connectivity index (χ1n) is 10.1. The number of H-pyrrole nitrogens is 1. The van der Waals surface area contributed by atoms with Crippen molar-refractivity contribution in [1.29, 1.82) is 0 Å². The van der Waals surface area contributed by atoms with Gasteiger partial charge in [-0.1, -0.05) is 6.92 Å². The Bertz CT molecular complexity index is 1240. The van der Waals surface area contributed by atoms with Gasteiger partial charge in [0.2, 0.25) is 0 Å². The van der Waals surface area contributed by atoms with Crippen molar-refractivity contribution >= 4 is 27.5 Å². The summed E-state index contributed by atoms with van der Waals surface area (Å²) in [6.07, 6.45) is 1.31. The zero-order valence-corrected chi connectivity index (χ0v) is 18.4. The molecule has 30 heavy (non-hydrogen) atoms. The van der Waals surface area contributed by atoms with Gasteiger partial charge in [-0.15, -0.1) is 11.3 Å². The zero-order chi connectivity index (χ0) is 21.6. The Kier molecular flexibility index (Phi) is 5.27. The molecule has 3 heterocycles. The number of methoxy groups -OCH3 is 1. The minimum Gasteiger partial charge on any atom is -0.496 e. The van der Waals surface area contributed by atoms with E-state index in [2.05, 4.69) is 4.98 Å². The molecule has 0 saturated carbocycles. The van der Waals surface area contributed by atoms with E-state index in [1.807, 2.05) is 32.9 Å². The molecule has 1 aliphatic rings. The third-order valence-corrected chi connectivity index (χ3v) is 6.76. The van der Waals surface area contributed by atoms with Crippen LogP contribution in [0, 0.1) is 13.8 Å². The Labute approximate surface area is 177 Å². The number of fused-ring (bicyclic) bond motifs is 3. The normalized spacial score (nSPS) is 13.5. The molecule has 1 N–H and O–H groups in total. The highest BCUT2D eigenvalue weighted by Crippen LogP contribution is 2.33. The lowest BCUT2D eigenvalue weighted by molar-refractivity contribution is 0.0737. The smallest absolute Gasteiger partial charge is 0.329 e. The fraction of sp³-hybridized carbons (Fsp3) is 0.409. The Balaban J connectivity index is 1.70. The number of amides is 1. The molecule has 0 fully saturated rings. The van der Waals surface area contributed by atoms with Crippen LogP contribution in [0.1, 0.15) is 45.3 Å². The average Bonchev–Trinajstić information content (AvgIpc) is 3.07. The van der Waals surface area contributed by atoms with Gasteiger partial charge in [0.1, 0.15) is 10.6 Å². The van der Waals surface area contributed by atoms with Crippen LogP contribution in [0.5, 0.6) is 5.75 Å². The van der Waals surface area contributed by atoms with Crippen molar-refractivity contribution in [2.24, 2.45) is 0 Å². The third kappa shape index (κ3) is 3.25. The van der Waals surface area contributed by atoms with Gasteiger partial charge in [0.05, 0.1) is 19.0 Å². The van der Waals surface area contributed by atoms with Crippen molar-refractivity contribution in [2.75, 3.05) is 13.7 Å². The second-order valence-electron chi connectivity index (χ2n) is 7.71. The maximum Gasteiger partial charge on any atom is 0.329 e. The molecule has 1 amide bonds. The van der Waals surface area contributed by atoms with E-state index in [9.17, 15) is 14.4 Å². The van der Waals surface area contributed by atoms with Crippen LogP contribution in [-0.2, 0) is 19.5 Å². The number of carbonyl (C=O) groups excluding carboxylic acids is 1. The summed E-state index contributed by atoms with van der Waals surface area (Å²) >= 11 is 1.40. The van der Waals surface area contributed by atoms with Gasteiger partial charge in [-0.05, 0) is 55.5 Å². The van der Waals surface area contributed by atoms with Crippen LogP contribution < -0.4 is 16.0 Å². The number of nitrogens with zero attached hydrogens (tertiary/aromatic N) is 2. The van der Waals surface area contributed by atoms with Gasteiger partial charge in [0.15, 0.2) is 0 Å². The third-order valence-electron chi connectivity index (χ3n) is 5.63. The molecule has 1 aromatic carbocycles. The molecule has 158 valence electrons. The van der Waals surface area contributed by atoms with Crippen LogP contribution in [0.25, 0.3) is 10.2 Å². The van der Waals surface area contributed by atoms with Crippen molar-refractivity contribution in [3.63, 3.8) is 0 Å². The van der Waals surface area contributed by atoms with Gasteiger partial charge >= 0.3 is 5.69 Å². The summed E-state index contributed by atoms with van der Waals surface area (Å²) in [5, 5.41) is 0.603. The van der Waals surface area contributed by atoms with Crippen LogP contribution in [0.15, 0.2) is 21.7 Å². The topological polar surface area (TPSA) is 84.4 Å². The first-order valence-corrected chi connectivity index (χ1v) is 10.9. The number of aromatic nitrogens is 2. The van der Waals surface area contributed by atoms with Gasteiger partial charge in [-0.25, -0.2) is 4.79 Å². The lowest BCUT2D eigenvalue weighted by Crippen LogP contribution is -2.37. The van der Waals surface area contributed by atoms with E-state index in [1.165, 1.54) is 15.9 Å². The zero-order valence-electron chi connectivity index (χ0n) is 17.6. The fourth-order valence-corrected chi connectivity index (χ4v) is 5.53. The summed E-state index contributed by atoms with van der Waals surface area (Å²) in [4.78, 5) is 44.6. The van der Waals surface area contributed by atoms with Crippen molar-refractivity contribution in [1.82, 2.24) is 14.5 Å². The molecule has 0 unspecified atom stereocenters. The Hall–Kier alpha value is -2.87. The maximum atomic E-state index is 13.2. The molecular weight excluding hydrogens is 402 g/mol. The monoisotopic (exact) mass is 427 g/mol. The molecule has 1 aliphatic heterocycles. The lowest BCUT2D eigenvalue weighted by Gasteiger charge is -2.27. The Morgan fingerprint density at radius 1 is 1.23 bits per heavy atom. The maximum absolute atomic E-state index is 13.2. The standard InChI is InChI=1S/C22H25N3O4S/c1-5-7-25-21(27)17-15-6-8-24(11-16(15)30-19(17)23-22(25)28)20(26)14-9-12(2)18(29-4)13(3)10-14/h9-10H,5-8,11H2,1-4H3,(H,23,28). The number of aromatic amines is 1. The SMILES string of the molecule is CCCn1c(=O)[nH]c2sc3c(c2c1=O)CCN(C(=O)c1cc(C)c(OC)c(C)c1)C3. The van der Waals surface area contributed by atoms with E-state index in [1.54, 1.807) is 12.0 Å².